The molecule has 0 amide bonds. The lowest BCUT2D eigenvalue weighted by Crippen LogP contribution is -2.27. The molecule has 0 unspecified atom stereocenters. The van der Waals surface area contributed by atoms with E-state index in [-0.39, 0.29) is 11.2 Å². The number of rotatable bonds is 7. The number of methoxy groups -OCH3 is 1. The van der Waals surface area contributed by atoms with Crippen LogP contribution in [0.2, 0.25) is 0 Å². The summed E-state index contributed by atoms with van der Waals surface area (Å²) >= 11 is 0. The molecule has 0 aliphatic carbocycles. The van der Waals surface area contributed by atoms with Gasteiger partial charge in [-0.25, -0.2) is 4.68 Å². The molecule has 1 aromatic heterocycles. The fraction of sp³-hybridized carbons (Fsp3) is 0.375. The summed E-state index contributed by atoms with van der Waals surface area (Å²) in [5.41, 5.74) is 7.10. The number of aromatic nitrogens is 2. The molecule has 0 fully saturated rings. The van der Waals surface area contributed by atoms with Crippen LogP contribution in [-0.4, -0.2) is 30.1 Å². The molecule has 2 aromatic rings. The zero-order valence-corrected chi connectivity index (χ0v) is 12.9. The van der Waals surface area contributed by atoms with Crippen LogP contribution in [-0.2, 0) is 11.3 Å². The molecule has 0 saturated heterocycles. The molecule has 1 heterocycles. The maximum absolute atomic E-state index is 12.0. The maximum Gasteiger partial charge on any atom is 0.289 e. The molecule has 0 radical (unpaired) electrons. The normalized spacial score (nSPS) is 10.6. The lowest BCUT2D eigenvalue weighted by Gasteiger charge is -2.12. The third kappa shape index (κ3) is 3.65. The Labute approximate surface area is 129 Å². The number of nitrogens with two attached hydrogens (primary N) is 1. The molecule has 6 nitrogen and oxygen atoms in total. The second-order valence-corrected chi connectivity index (χ2v) is 4.85. The van der Waals surface area contributed by atoms with Crippen LogP contribution in [0, 0.1) is 0 Å². The van der Waals surface area contributed by atoms with E-state index in [0.29, 0.717) is 25.5 Å². The van der Waals surface area contributed by atoms with Crippen molar-refractivity contribution in [1.29, 1.82) is 0 Å². The molecule has 22 heavy (non-hydrogen) atoms. The highest BCUT2D eigenvalue weighted by molar-refractivity contribution is 5.68. The Morgan fingerprint density at radius 3 is 2.77 bits per heavy atom. The number of nitrogen functional groups attached to an aromatic ring is 1. The minimum absolute atomic E-state index is 0.159. The Kier molecular flexibility index (Phi) is 5.55. The van der Waals surface area contributed by atoms with Crippen LogP contribution in [0.1, 0.15) is 13.3 Å². The molecule has 2 N–H and O–H groups in total. The molecular formula is C16H21N3O3. The van der Waals surface area contributed by atoms with E-state index in [4.69, 9.17) is 15.2 Å². The van der Waals surface area contributed by atoms with E-state index in [1.807, 2.05) is 31.2 Å². The molecule has 0 saturated carbocycles. The number of hydrogen-bond donors (Lipinski definition) is 1. The number of benzene rings is 1. The number of ether oxygens (including phenoxy) is 2. The van der Waals surface area contributed by atoms with Crippen LogP contribution in [0.25, 0.3) is 11.3 Å². The first-order chi connectivity index (χ1) is 10.7. The van der Waals surface area contributed by atoms with E-state index in [1.54, 1.807) is 13.2 Å². The molecule has 0 aliphatic heterocycles. The van der Waals surface area contributed by atoms with Crippen molar-refractivity contribution in [1.82, 2.24) is 9.78 Å². The maximum atomic E-state index is 12.0. The number of hydrogen-bond acceptors (Lipinski definition) is 5. The lowest BCUT2D eigenvalue weighted by atomic mass is 10.1. The molecule has 1 aromatic carbocycles. The third-order valence-electron chi connectivity index (χ3n) is 3.13. The van der Waals surface area contributed by atoms with Crippen LogP contribution < -0.4 is 16.0 Å². The Morgan fingerprint density at radius 2 is 2.05 bits per heavy atom. The van der Waals surface area contributed by atoms with E-state index in [2.05, 4.69) is 5.10 Å². The minimum Gasteiger partial charge on any atom is -0.493 e. The molecule has 118 valence electrons. The highest BCUT2D eigenvalue weighted by atomic mass is 16.5. The highest BCUT2D eigenvalue weighted by Gasteiger charge is 2.11. The van der Waals surface area contributed by atoms with Crippen molar-refractivity contribution in [2.45, 2.75) is 19.9 Å². The van der Waals surface area contributed by atoms with Gasteiger partial charge in [0.25, 0.3) is 5.56 Å². The van der Waals surface area contributed by atoms with Gasteiger partial charge in [-0.2, -0.15) is 5.10 Å². The topological polar surface area (TPSA) is 79.4 Å². The van der Waals surface area contributed by atoms with Crippen molar-refractivity contribution in [3.8, 4) is 17.0 Å². The lowest BCUT2D eigenvalue weighted by molar-refractivity contribution is 0.182. The standard InChI is InChI=1S/C16H21N3O3/c1-3-9-22-15-7-5-4-6-12(15)14-11-13(17)16(20)19(18-14)8-10-21-2/h4-7,11H,3,8-10,17H2,1-2H3. The Hall–Kier alpha value is -2.34. The molecule has 0 aliphatic rings. The van der Waals surface area contributed by atoms with E-state index in [9.17, 15) is 4.79 Å². The summed E-state index contributed by atoms with van der Waals surface area (Å²) in [5, 5.41) is 4.37. The fourth-order valence-electron chi connectivity index (χ4n) is 2.04. The zero-order valence-electron chi connectivity index (χ0n) is 12.9. The molecular weight excluding hydrogens is 282 g/mol. The van der Waals surface area contributed by atoms with E-state index in [0.717, 1.165) is 17.7 Å². The van der Waals surface area contributed by atoms with Gasteiger partial charge in [-0.05, 0) is 24.6 Å². The van der Waals surface area contributed by atoms with E-state index in [1.165, 1.54) is 4.68 Å². The van der Waals surface area contributed by atoms with Gasteiger partial charge in [0.1, 0.15) is 11.4 Å². The van der Waals surface area contributed by atoms with Crippen LogP contribution in [0.5, 0.6) is 5.75 Å². The predicted octanol–water partition coefficient (Wildman–Crippen LogP) is 1.93. The van der Waals surface area contributed by atoms with Gasteiger partial charge in [0.05, 0.1) is 25.5 Å². The number of anilines is 1. The van der Waals surface area contributed by atoms with Gasteiger partial charge in [0.15, 0.2) is 0 Å². The molecule has 0 bridgehead atoms. The van der Waals surface area contributed by atoms with Gasteiger partial charge >= 0.3 is 0 Å². The SMILES string of the molecule is CCCOc1ccccc1-c1cc(N)c(=O)n(CCOC)n1. The first-order valence-corrected chi connectivity index (χ1v) is 7.26. The number of nitrogens with zero attached hydrogens (tertiary/aromatic N) is 2. The monoisotopic (exact) mass is 303 g/mol. The van der Waals surface area contributed by atoms with Gasteiger partial charge in [-0.15, -0.1) is 0 Å². The van der Waals surface area contributed by atoms with E-state index < -0.39 is 0 Å². The Balaban J connectivity index is 2.44. The molecule has 6 heteroatoms. The predicted molar refractivity (Wildman–Crippen MR) is 86.0 cm³/mol. The Morgan fingerprint density at radius 1 is 1.27 bits per heavy atom. The van der Waals surface area contributed by atoms with Crippen LogP contribution in [0.15, 0.2) is 35.1 Å². The second kappa shape index (κ2) is 7.61. The van der Waals surface area contributed by atoms with Gasteiger partial charge in [0, 0.05) is 12.7 Å². The van der Waals surface area contributed by atoms with Crippen molar-refractivity contribution >= 4 is 5.69 Å². The van der Waals surface area contributed by atoms with Crippen molar-refractivity contribution in [3.05, 3.63) is 40.7 Å². The zero-order chi connectivity index (χ0) is 15.9. The van der Waals surface area contributed by atoms with Gasteiger partial charge < -0.3 is 15.2 Å². The molecule has 0 spiro atoms. The Bertz CT molecular complexity index is 683. The van der Waals surface area contributed by atoms with Crippen LogP contribution in [0.4, 0.5) is 5.69 Å². The quantitative estimate of drug-likeness (QED) is 0.845. The summed E-state index contributed by atoms with van der Waals surface area (Å²) in [7, 11) is 1.58. The smallest absolute Gasteiger partial charge is 0.289 e. The fourth-order valence-corrected chi connectivity index (χ4v) is 2.04. The average molecular weight is 303 g/mol. The summed E-state index contributed by atoms with van der Waals surface area (Å²) in [6.45, 7) is 3.41. The second-order valence-electron chi connectivity index (χ2n) is 4.85. The molecule has 0 atom stereocenters. The first kappa shape index (κ1) is 16.0. The average Bonchev–Trinajstić information content (AvgIpc) is 2.54. The summed E-state index contributed by atoms with van der Waals surface area (Å²) in [6.07, 6.45) is 0.914. The summed E-state index contributed by atoms with van der Waals surface area (Å²) in [4.78, 5) is 12.0. The summed E-state index contributed by atoms with van der Waals surface area (Å²) < 4.78 is 12.1. The van der Waals surface area contributed by atoms with Crippen molar-refractivity contribution in [2.75, 3.05) is 26.1 Å². The van der Waals surface area contributed by atoms with E-state index >= 15 is 0 Å². The minimum atomic E-state index is -0.312. The van der Waals surface area contributed by atoms with Crippen molar-refractivity contribution in [2.24, 2.45) is 0 Å². The summed E-state index contributed by atoms with van der Waals surface area (Å²) in [6, 6.07) is 9.17. The van der Waals surface area contributed by atoms with Crippen molar-refractivity contribution in [3.63, 3.8) is 0 Å². The number of para-hydroxylation sites is 1. The highest BCUT2D eigenvalue weighted by Crippen LogP contribution is 2.28. The largest absolute Gasteiger partial charge is 0.493 e. The van der Waals surface area contributed by atoms with Crippen LogP contribution in [0.3, 0.4) is 0 Å². The summed E-state index contributed by atoms with van der Waals surface area (Å²) in [5.74, 6) is 0.730. The van der Waals surface area contributed by atoms with Crippen molar-refractivity contribution < 1.29 is 9.47 Å². The van der Waals surface area contributed by atoms with Gasteiger partial charge in [-0.3, -0.25) is 4.79 Å². The van der Waals surface area contributed by atoms with Gasteiger partial charge in [-0.1, -0.05) is 19.1 Å². The van der Waals surface area contributed by atoms with Gasteiger partial charge in [0.2, 0.25) is 0 Å². The van der Waals surface area contributed by atoms with Crippen LogP contribution >= 0.6 is 0 Å². The molecule has 2 rings (SSSR count). The first-order valence-electron chi connectivity index (χ1n) is 7.26. The third-order valence-corrected chi connectivity index (χ3v) is 3.13.